The Kier molecular flexibility index (Phi) is 6.48. The minimum absolute atomic E-state index is 0. The van der Waals surface area contributed by atoms with E-state index in [2.05, 4.69) is 5.32 Å². The Balaban J connectivity index is 0.00000180. The van der Waals surface area contributed by atoms with Crippen molar-refractivity contribution in [2.45, 2.75) is 6.04 Å². The summed E-state index contributed by atoms with van der Waals surface area (Å²) >= 11 is 0. The highest BCUT2D eigenvalue weighted by molar-refractivity contribution is 5.85. The maximum atomic E-state index is 13.3. The Hall–Kier alpha value is -0.910. The largest absolute Gasteiger partial charge is 0.496 e. The lowest BCUT2D eigenvalue weighted by Gasteiger charge is -2.34. The number of benzene rings is 1. The molecule has 1 atom stereocenters. The van der Waals surface area contributed by atoms with E-state index in [0.29, 0.717) is 11.3 Å². The summed E-state index contributed by atoms with van der Waals surface area (Å²) in [5.74, 6) is 0.178. The van der Waals surface area contributed by atoms with Crippen LogP contribution >= 0.6 is 12.4 Å². The van der Waals surface area contributed by atoms with E-state index in [1.165, 1.54) is 19.2 Å². The molecule has 108 valence electrons. The first-order chi connectivity index (χ1) is 8.76. The molecule has 1 heterocycles. The van der Waals surface area contributed by atoms with Gasteiger partial charge in [-0.05, 0) is 18.2 Å². The highest BCUT2D eigenvalue weighted by Crippen LogP contribution is 2.30. The number of hydrogen-bond acceptors (Lipinski definition) is 3. The van der Waals surface area contributed by atoms with Gasteiger partial charge in [-0.25, -0.2) is 8.78 Å². The summed E-state index contributed by atoms with van der Waals surface area (Å²) in [4.78, 5) is 2.02. The van der Waals surface area contributed by atoms with E-state index in [1.807, 2.05) is 4.90 Å². The molecule has 0 aromatic heterocycles. The van der Waals surface area contributed by atoms with Crippen molar-refractivity contribution >= 4 is 12.4 Å². The molecule has 3 nitrogen and oxygen atoms in total. The summed E-state index contributed by atoms with van der Waals surface area (Å²) in [5.41, 5.74) is 0.585. The molecular formula is C13H19ClF2N2O. The molecule has 0 unspecified atom stereocenters. The molecule has 0 amide bonds. The van der Waals surface area contributed by atoms with Crippen LogP contribution in [-0.2, 0) is 0 Å². The standard InChI is InChI=1S/C13H18F2N2O.ClH/c1-18-13-3-2-10(15)8-11(13)12(9-14)17-6-4-16-5-7-17;/h2-3,8,12,16H,4-7,9H2,1H3;1H/t12-;/m0./s1. The maximum absolute atomic E-state index is 13.3. The summed E-state index contributed by atoms with van der Waals surface area (Å²) in [6.45, 7) is 2.63. The summed E-state index contributed by atoms with van der Waals surface area (Å²) in [6, 6.07) is 3.81. The van der Waals surface area contributed by atoms with Crippen molar-refractivity contribution in [1.82, 2.24) is 10.2 Å². The Morgan fingerprint density at radius 2 is 2.05 bits per heavy atom. The number of ether oxygens (including phenoxy) is 1. The first-order valence-corrected chi connectivity index (χ1v) is 6.10. The van der Waals surface area contributed by atoms with E-state index in [-0.39, 0.29) is 18.2 Å². The highest BCUT2D eigenvalue weighted by Gasteiger charge is 2.25. The molecule has 0 saturated carbocycles. The second-order valence-corrected chi connectivity index (χ2v) is 4.34. The first kappa shape index (κ1) is 16.1. The van der Waals surface area contributed by atoms with Gasteiger partial charge in [0.05, 0.1) is 13.2 Å². The minimum Gasteiger partial charge on any atom is -0.496 e. The Morgan fingerprint density at radius 3 is 2.63 bits per heavy atom. The number of methoxy groups -OCH3 is 1. The third-order valence-corrected chi connectivity index (χ3v) is 3.29. The molecule has 1 fully saturated rings. The fraction of sp³-hybridized carbons (Fsp3) is 0.538. The molecule has 2 rings (SSSR count). The normalized spacial score (nSPS) is 17.6. The lowest BCUT2D eigenvalue weighted by molar-refractivity contribution is 0.145. The third kappa shape index (κ3) is 3.78. The van der Waals surface area contributed by atoms with Crippen LogP contribution in [0.3, 0.4) is 0 Å². The second-order valence-electron chi connectivity index (χ2n) is 4.34. The van der Waals surface area contributed by atoms with Gasteiger partial charge in [-0.2, -0.15) is 0 Å². The van der Waals surface area contributed by atoms with E-state index in [4.69, 9.17) is 4.74 Å². The van der Waals surface area contributed by atoms with Gasteiger partial charge < -0.3 is 10.1 Å². The maximum Gasteiger partial charge on any atom is 0.123 e. The van der Waals surface area contributed by atoms with Crippen molar-refractivity contribution < 1.29 is 13.5 Å². The second kappa shape index (κ2) is 7.62. The van der Waals surface area contributed by atoms with Gasteiger partial charge in [0.1, 0.15) is 18.2 Å². The summed E-state index contributed by atoms with van der Waals surface area (Å²) in [7, 11) is 1.52. The number of nitrogens with one attached hydrogen (secondary N) is 1. The molecule has 0 radical (unpaired) electrons. The monoisotopic (exact) mass is 292 g/mol. The molecular weight excluding hydrogens is 274 g/mol. The summed E-state index contributed by atoms with van der Waals surface area (Å²) in [5, 5.41) is 3.22. The number of rotatable bonds is 4. The smallest absolute Gasteiger partial charge is 0.123 e. The quantitative estimate of drug-likeness (QED) is 0.920. The zero-order chi connectivity index (χ0) is 13.0. The van der Waals surface area contributed by atoms with Crippen LogP contribution in [-0.4, -0.2) is 44.9 Å². The van der Waals surface area contributed by atoms with Gasteiger partial charge in [-0.3, -0.25) is 4.90 Å². The molecule has 1 aromatic rings. The van der Waals surface area contributed by atoms with Crippen molar-refractivity contribution in [2.75, 3.05) is 40.0 Å². The minimum atomic E-state index is -0.542. The average Bonchev–Trinajstić information content (AvgIpc) is 2.41. The predicted octanol–water partition coefficient (Wildman–Crippen LogP) is 2.17. The Labute approximate surface area is 118 Å². The number of hydrogen-bond donors (Lipinski definition) is 1. The van der Waals surface area contributed by atoms with E-state index < -0.39 is 12.7 Å². The fourth-order valence-electron chi connectivity index (χ4n) is 2.34. The molecule has 0 aliphatic carbocycles. The number of piperazine rings is 1. The van der Waals surface area contributed by atoms with E-state index in [1.54, 1.807) is 6.07 Å². The SMILES string of the molecule is COc1ccc(F)cc1[C@H](CF)N1CCNCC1.Cl. The van der Waals surface area contributed by atoms with Gasteiger partial charge in [-0.1, -0.05) is 0 Å². The lowest BCUT2D eigenvalue weighted by Crippen LogP contribution is -2.45. The van der Waals surface area contributed by atoms with Crippen LogP contribution in [0.25, 0.3) is 0 Å². The van der Waals surface area contributed by atoms with Crippen molar-refractivity contribution in [2.24, 2.45) is 0 Å². The fourth-order valence-corrected chi connectivity index (χ4v) is 2.34. The number of nitrogens with zero attached hydrogens (tertiary/aromatic N) is 1. The lowest BCUT2D eigenvalue weighted by atomic mass is 10.0. The van der Waals surface area contributed by atoms with E-state index in [0.717, 1.165) is 26.2 Å². The van der Waals surface area contributed by atoms with Crippen molar-refractivity contribution in [3.63, 3.8) is 0 Å². The first-order valence-electron chi connectivity index (χ1n) is 6.10. The third-order valence-electron chi connectivity index (χ3n) is 3.29. The van der Waals surface area contributed by atoms with Crippen LogP contribution in [0.5, 0.6) is 5.75 Å². The molecule has 0 bridgehead atoms. The van der Waals surface area contributed by atoms with E-state index in [9.17, 15) is 8.78 Å². The van der Waals surface area contributed by atoms with Gasteiger partial charge in [-0.15, -0.1) is 12.4 Å². The van der Waals surface area contributed by atoms with Crippen LogP contribution in [0.2, 0.25) is 0 Å². The van der Waals surface area contributed by atoms with Gasteiger partial charge in [0.25, 0.3) is 0 Å². The van der Waals surface area contributed by atoms with Crippen molar-refractivity contribution in [3.05, 3.63) is 29.6 Å². The van der Waals surface area contributed by atoms with Gasteiger partial charge in [0.15, 0.2) is 0 Å². The highest BCUT2D eigenvalue weighted by atomic mass is 35.5. The van der Waals surface area contributed by atoms with Crippen molar-refractivity contribution in [1.29, 1.82) is 0 Å². The Morgan fingerprint density at radius 1 is 1.37 bits per heavy atom. The van der Waals surface area contributed by atoms with Gasteiger partial charge in [0.2, 0.25) is 0 Å². The molecule has 1 saturated heterocycles. The number of alkyl halides is 1. The van der Waals surface area contributed by atoms with Crippen LogP contribution in [0.1, 0.15) is 11.6 Å². The van der Waals surface area contributed by atoms with Crippen LogP contribution in [0.4, 0.5) is 8.78 Å². The van der Waals surface area contributed by atoms with E-state index >= 15 is 0 Å². The molecule has 1 N–H and O–H groups in total. The van der Waals surface area contributed by atoms with Crippen LogP contribution < -0.4 is 10.1 Å². The van der Waals surface area contributed by atoms with Gasteiger partial charge >= 0.3 is 0 Å². The molecule has 19 heavy (non-hydrogen) atoms. The molecule has 6 heteroatoms. The van der Waals surface area contributed by atoms with Crippen molar-refractivity contribution in [3.8, 4) is 5.75 Å². The molecule has 1 aromatic carbocycles. The van der Waals surface area contributed by atoms with Gasteiger partial charge in [0, 0.05) is 31.7 Å². The van der Waals surface area contributed by atoms with Crippen LogP contribution in [0, 0.1) is 5.82 Å². The molecule has 1 aliphatic heterocycles. The zero-order valence-electron chi connectivity index (χ0n) is 10.9. The zero-order valence-corrected chi connectivity index (χ0v) is 11.7. The predicted molar refractivity (Wildman–Crippen MR) is 73.4 cm³/mol. The Bertz CT molecular complexity index is 400. The molecule has 0 spiro atoms. The molecule has 1 aliphatic rings. The van der Waals surface area contributed by atoms with Crippen LogP contribution in [0.15, 0.2) is 18.2 Å². The number of halogens is 3. The average molecular weight is 293 g/mol. The summed E-state index contributed by atoms with van der Waals surface area (Å²) < 4.78 is 31.9. The summed E-state index contributed by atoms with van der Waals surface area (Å²) in [6.07, 6.45) is 0. The topological polar surface area (TPSA) is 24.5 Å².